The lowest BCUT2D eigenvalue weighted by Gasteiger charge is -2.33. The first kappa shape index (κ1) is 13.3. The van der Waals surface area contributed by atoms with Crippen LogP contribution in [-0.4, -0.2) is 23.9 Å². The Labute approximate surface area is 99.7 Å². The Morgan fingerprint density at radius 3 is 2.56 bits per heavy atom. The monoisotopic (exact) mass is 223 g/mol. The fraction of sp³-hybridized carbons (Fsp3) is 0.786. The van der Waals surface area contributed by atoms with Crippen molar-refractivity contribution in [3.63, 3.8) is 0 Å². The summed E-state index contributed by atoms with van der Waals surface area (Å²) in [7, 11) is 0. The Hall–Kier alpha value is -0.790. The molecule has 1 aliphatic rings. The minimum atomic E-state index is 0.298. The van der Waals surface area contributed by atoms with Crippen molar-refractivity contribution >= 4 is 5.91 Å². The highest BCUT2D eigenvalue weighted by molar-refractivity contribution is 5.75. The fourth-order valence-electron chi connectivity index (χ4n) is 2.36. The molecule has 0 radical (unpaired) electrons. The molecule has 0 unspecified atom stereocenters. The lowest BCUT2D eigenvalue weighted by atomic mass is 9.84. The molecule has 1 rings (SSSR count). The first-order chi connectivity index (χ1) is 7.47. The molecule has 16 heavy (non-hydrogen) atoms. The Morgan fingerprint density at radius 1 is 1.38 bits per heavy atom. The summed E-state index contributed by atoms with van der Waals surface area (Å²) >= 11 is 0. The molecule has 92 valence electrons. The number of hydrogen-bond acceptors (Lipinski definition) is 1. The Morgan fingerprint density at radius 2 is 2.00 bits per heavy atom. The van der Waals surface area contributed by atoms with Crippen molar-refractivity contribution < 1.29 is 4.79 Å². The van der Waals surface area contributed by atoms with Gasteiger partial charge in [0.05, 0.1) is 0 Å². The van der Waals surface area contributed by atoms with Crippen LogP contribution >= 0.6 is 0 Å². The highest BCUT2D eigenvalue weighted by Gasteiger charge is 2.23. The van der Waals surface area contributed by atoms with Crippen molar-refractivity contribution in [1.82, 2.24) is 4.90 Å². The average molecular weight is 223 g/mol. The standard InChI is InChI=1S/C14H25NO/c1-6-14(16)15-8-7-10(2)12(4)13(5)11(3)9-15/h11,13H,6-9H2,1-5H3/b12-10-/t11-,13+/m0/s1. The number of carbonyl (C=O) groups excluding carboxylic acids is 1. The molecule has 0 saturated carbocycles. The van der Waals surface area contributed by atoms with Crippen LogP contribution in [0.2, 0.25) is 0 Å². The molecule has 0 aromatic carbocycles. The van der Waals surface area contributed by atoms with Crippen molar-refractivity contribution in [3.05, 3.63) is 11.1 Å². The van der Waals surface area contributed by atoms with Crippen LogP contribution in [0.4, 0.5) is 0 Å². The van der Waals surface area contributed by atoms with Gasteiger partial charge in [0, 0.05) is 19.5 Å². The highest BCUT2D eigenvalue weighted by Crippen LogP contribution is 2.27. The molecule has 0 N–H and O–H groups in total. The number of nitrogens with zero attached hydrogens (tertiary/aromatic N) is 1. The van der Waals surface area contributed by atoms with Gasteiger partial charge in [-0.1, -0.05) is 31.9 Å². The van der Waals surface area contributed by atoms with Gasteiger partial charge < -0.3 is 4.90 Å². The van der Waals surface area contributed by atoms with E-state index in [0.29, 0.717) is 24.2 Å². The van der Waals surface area contributed by atoms with E-state index in [1.807, 2.05) is 11.8 Å². The van der Waals surface area contributed by atoms with Gasteiger partial charge in [-0.3, -0.25) is 4.79 Å². The zero-order chi connectivity index (χ0) is 12.3. The van der Waals surface area contributed by atoms with Crippen LogP contribution in [0.15, 0.2) is 11.1 Å². The minimum absolute atomic E-state index is 0.298. The number of allylic oxidation sites excluding steroid dienone is 1. The molecule has 1 amide bonds. The summed E-state index contributed by atoms with van der Waals surface area (Å²) in [5.74, 6) is 1.45. The third kappa shape index (κ3) is 2.87. The molecule has 0 saturated heterocycles. The number of rotatable bonds is 1. The second-order valence-electron chi connectivity index (χ2n) is 5.17. The molecule has 0 aromatic rings. The van der Waals surface area contributed by atoms with Gasteiger partial charge in [0.2, 0.25) is 5.91 Å². The molecular formula is C14H25NO. The van der Waals surface area contributed by atoms with E-state index in [1.165, 1.54) is 11.1 Å². The van der Waals surface area contributed by atoms with Crippen LogP contribution in [0.5, 0.6) is 0 Å². The Bertz CT molecular complexity index is 293. The van der Waals surface area contributed by atoms with E-state index in [2.05, 4.69) is 27.7 Å². The SMILES string of the molecule is CCC(=O)N1CC/C(C)=C(/C)[C@H](C)[C@@H](C)C1. The highest BCUT2D eigenvalue weighted by atomic mass is 16.2. The van der Waals surface area contributed by atoms with E-state index in [1.54, 1.807) is 0 Å². The Balaban J connectivity index is 2.85. The first-order valence-corrected chi connectivity index (χ1v) is 6.41. The number of hydrogen-bond donors (Lipinski definition) is 0. The third-order valence-electron chi connectivity index (χ3n) is 4.13. The van der Waals surface area contributed by atoms with Gasteiger partial charge in [0.25, 0.3) is 0 Å². The second-order valence-corrected chi connectivity index (χ2v) is 5.17. The van der Waals surface area contributed by atoms with Crippen molar-refractivity contribution in [2.24, 2.45) is 11.8 Å². The smallest absolute Gasteiger partial charge is 0.222 e. The lowest BCUT2D eigenvalue weighted by Crippen LogP contribution is -2.38. The summed E-state index contributed by atoms with van der Waals surface area (Å²) in [6.07, 6.45) is 1.66. The van der Waals surface area contributed by atoms with Crippen molar-refractivity contribution in [2.45, 2.75) is 47.5 Å². The summed E-state index contributed by atoms with van der Waals surface area (Å²) in [6, 6.07) is 0. The zero-order valence-corrected chi connectivity index (χ0v) is 11.3. The van der Waals surface area contributed by atoms with Crippen LogP contribution in [-0.2, 0) is 4.79 Å². The van der Waals surface area contributed by atoms with Crippen molar-refractivity contribution in [1.29, 1.82) is 0 Å². The van der Waals surface area contributed by atoms with Crippen LogP contribution in [0, 0.1) is 11.8 Å². The predicted octanol–water partition coefficient (Wildman–Crippen LogP) is 3.24. The van der Waals surface area contributed by atoms with Crippen LogP contribution in [0.3, 0.4) is 0 Å². The van der Waals surface area contributed by atoms with Gasteiger partial charge in [-0.2, -0.15) is 0 Å². The van der Waals surface area contributed by atoms with Crippen LogP contribution < -0.4 is 0 Å². The minimum Gasteiger partial charge on any atom is -0.342 e. The predicted molar refractivity (Wildman–Crippen MR) is 68.2 cm³/mol. The molecule has 0 spiro atoms. The molecule has 0 fully saturated rings. The average Bonchev–Trinajstić information content (AvgIpc) is 2.29. The van der Waals surface area contributed by atoms with Crippen LogP contribution in [0.1, 0.15) is 47.5 Å². The van der Waals surface area contributed by atoms with Crippen molar-refractivity contribution in [2.75, 3.05) is 13.1 Å². The summed E-state index contributed by atoms with van der Waals surface area (Å²) < 4.78 is 0. The summed E-state index contributed by atoms with van der Waals surface area (Å²) in [4.78, 5) is 13.8. The van der Waals surface area contributed by atoms with Crippen molar-refractivity contribution in [3.8, 4) is 0 Å². The normalized spacial score (nSPS) is 32.2. The van der Waals surface area contributed by atoms with Gasteiger partial charge in [-0.05, 0) is 32.1 Å². The van der Waals surface area contributed by atoms with Gasteiger partial charge in [-0.25, -0.2) is 0 Å². The zero-order valence-electron chi connectivity index (χ0n) is 11.3. The molecule has 1 aliphatic heterocycles. The van der Waals surface area contributed by atoms with E-state index in [9.17, 15) is 4.79 Å². The van der Waals surface area contributed by atoms with Gasteiger partial charge in [-0.15, -0.1) is 0 Å². The molecule has 2 atom stereocenters. The van der Waals surface area contributed by atoms with Gasteiger partial charge in [0.1, 0.15) is 0 Å². The van der Waals surface area contributed by atoms with Crippen LogP contribution in [0.25, 0.3) is 0 Å². The summed E-state index contributed by atoms with van der Waals surface area (Å²) in [6.45, 7) is 12.7. The maximum Gasteiger partial charge on any atom is 0.222 e. The molecule has 1 heterocycles. The molecule has 2 nitrogen and oxygen atoms in total. The first-order valence-electron chi connectivity index (χ1n) is 6.41. The molecular weight excluding hydrogens is 198 g/mol. The summed E-state index contributed by atoms with van der Waals surface area (Å²) in [5, 5.41) is 0. The Kier molecular flexibility index (Phi) is 4.57. The van der Waals surface area contributed by atoms with E-state index in [4.69, 9.17) is 0 Å². The van der Waals surface area contributed by atoms with E-state index in [0.717, 1.165) is 19.5 Å². The fourth-order valence-corrected chi connectivity index (χ4v) is 2.36. The van der Waals surface area contributed by atoms with E-state index in [-0.39, 0.29) is 0 Å². The van der Waals surface area contributed by atoms with E-state index >= 15 is 0 Å². The van der Waals surface area contributed by atoms with Gasteiger partial charge in [0.15, 0.2) is 0 Å². The third-order valence-corrected chi connectivity index (χ3v) is 4.13. The quantitative estimate of drug-likeness (QED) is 0.625. The maximum absolute atomic E-state index is 11.8. The van der Waals surface area contributed by atoms with Gasteiger partial charge >= 0.3 is 0 Å². The molecule has 0 aliphatic carbocycles. The summed E-state index contributed by atoms with van der Waals surface area (Å²) in [5.41, 5.74) is 2.99. The number of carbonyl (C=O) groups is 1. The lowest BCUT2D eigenvalue weighted by molar-refractivity contribution is -0.131. The van der Waals surface area contributed by atoms with E-state index < -0.39 is 0 Å². The topological polar surface area (TPSA) is 20.3 Å². The maximum atomic E-state index is 11.8. The molecule has 0 bridgehead atoms. The molecule has 2 heteroatoms. The number of amides is 1. The largest absolute Gasteiger partial charge is 0.342 e. The second kappa shape index (κ2) is 5.51. The molecule has 0 aromatic heterocycles.